The monoisotopic (exact) mass is 1010 g/mol. The molecule has 17 nitrogen and oxygen atoms in total. The SMILES string of the molecule is CC/C=C\C(O)C/C=C/C=C\C/C=C\C/C=C\CCCC(=O)O[C@H](COC(=O)CCCCCCCCCCCCCCCCCCC)COP(=O)(O)O[C@H]1C(O)C(O)C(O)[C@@H](OP(=O)(O)O)C1O. The van der Waals surface area contributed by atoms with Crippen molar-refractivity contribution in [3.8, 4) is 0 Å². The number of carbonyl (C=O) groups excluding carboxylic acids is 2. The number of rotatable bonds is 41. The first kappa shape index (κ1) is 63.7. The number of hydrogen-bond acceptors (Lipinski definition) is 14. The largest absolute Gasteiger partial charge is 0.472 e. The Labute approximate surface area is 405 Å². The summed E-state index contributed by atoms with van der Waals surface area (Å²) in [6.07, 6.45) is 28.0. The van der Waals surface area contributed by atoms with E-state index in [1.807, 2.05) is 61.6 Å². The molecule has 0 aromatic heterocycles. The summed E-state index contributed by atoms with van der Waals surface area (Å²) in [6, 6.07) is 0. The first-order valence-electron chi connectivity index (χ1n) is 24.9. The fraction of sp³-hybridized carbons (Fsp3) is 0.755. The standard InChI is InChI=1S/C49H86O17P2/c1-3-5-7-8-9-10-11-12-13-14-15-16-20-23-26-29-32-36-42(51)62-38-41(39-63-68(60,61)66-49-46(55)44(53)45(54)48(47(49)56)65-67(57,58)59)64-43(52)37-33-30-27-24-21-18-17-19-22-25-28-31-35-40(50)34-6-4-2/h6,17-18,22,24-25,27-28,31,34,40-41,44-50,53-56H,3-5,7-16,19-21,23,26,29-30,32-33,35-39H2,1-2H3,(H,60,61)(H2,57,58,59)/b18-17-,25-22-,27-24-,31-28+,34-6-/t40?,41-,44?,45?,46?,47?,48-,49+/m1/s1. The lowest BCUT2D eigenvalue weighted by Gasteiger charge is -2.43. The average molecular weight is 1010 g/mol. The van der Waals surface area contributed by atoms with Crippen molar-refractivity contribution in [3.63, 3.8) is 0 Å². The number of phosphoric acid groups is 2. The van der Waals surface area contributed by atoms with E-state index in [9.17, 15) is 58.9 Å². The van der Waals surface area contributed by atoms with Gasteiger partial charge in [0, 0.05) is 12.8 Å². The third kappa shape index (κ3) is 33.3. The van der Waals surface area contributed by atoms with E-state index in [0.717, 1.165) is 38.5 Å². The van der Waals surface area contributed by atoms with Gasteiger partial charge in [-0.3, -0.25) is 23.2 Å². The first-order chi connectivity index (χ1) is 32.5. The van der Waals surface area contributed by atoms with E-state index in [1.54, 1.807) is 6.08 Å². The van der Waals surface area contributed by atoms with Crippen molar-refractivity contribution in [3.05, 3.63) is 60.8 Å². The van der Waals surface area contributed by atoms with Crippen LogP contribution >= 0.6 is 15.6 Å². The van der Waals surface area contributed by atoms with Gasteiger partial charge in [0.05, 0.1) is 12.7 Å². The van der Waals surface area contributed by atoms with Crippen LogP contribution in [0.25, 0.3) is 0 Å². The Bertz CT molecular complexity index is 1560. The molecule has 1 fully saturated rings. The predicted molar refractivity (Wildman–Crippen MR) is 261 cm³/mol. The van der Waals surface area contributed by atoms with Gasteiger partial charge in [-0.2, -0.15) is 0 Å². The van der Waals surface area contributed by atoms with Crippen LogP contribution in [-0.4, -0.2) is 114 Å². The lowest BCUT2D eigenvalue weighted by atomic mass is 9.85. The summed E-state index contributed by atoms with van der Waals surface area (Å²) in [5.74, 6) is -1.29. The van der Waals surface area contributed by atoms with Crippen LogP contribution in [0.5, 0.6) is 0 Å². The minimum Gasteiger partial charge on any atom is -0.462 e. The van der Waals surface area contributed by atoms with E-state index in [1.165, 1.54) is 77.0 Å². The Morgan fingerprint density at radius 3 is 1.62 bits per heavy atom. The number of carbonyl (C=O) groups is 2. The van der Waals surface area contributed by atoms with Gasteiger partial charge in [0.1, 0.15) is 43.2 Å². The van der Waals surface area contributed by atoms with E-state index in [4.69, 9.17) is 18.5 Å². The zero-order chi connectivity index (χ0) is 50.5. The summed E-state index contributed by atoms with van der Waals surface area (Å²) >= 11 is 0. The molecular formula is C49H86O17P2. The van der Waals surface area contributed by atoms with Crippen LogP contribution in [0.15, 0.2) is 60.8 Å². The second kappa shape index (κ2) is 39.3. The highest BCUT2D eigenvalue weighted by molar-refractivity contribution is 7.47. The fourth-order valence-electron chi connectivity index (χ4n) is 7.32. The molecule has 0 aromatic rings. The van der Waals surface area contributed by atoms with Crippen LogP contribution in [0.2, 0.25) is 0 Å². The van der Waals surface area contributed by atoms with Crippen LogP contribution in [0, 0.1) is 0 Å². The second-order valence-corrected chi connectivity index (χ2v) is 20.0. The Morgan fingerprint density at radius 2 is 1.06 bits per heavy atom. The van der Waals surface area contributed by atoms with E-state index in [-0.39, 0.29) is 12.8 Å². The van der Waals surface area contributed by atoms with Crippen molar-refractivity contribution in [2.75, 3.05) is 13.2 Å². The number of unbranched alkanes of at least 4 members (excludes halogenated alkanes) is 17. The van der Waals surface area contributed by atoms with Crippen LogP contribution < -0.4 is 0 Å². The van der Waals surface area contributed by atoms with Gasteiger partial charge in [0.25, 0.3) is 0 Å². The second-order valence-electron chi connectivity index (χ2n) is 17.4. The van der Waals surface area contributed by atoms with Gasteiger partial charge < -0.3 is 49.7 Å². The lowest BCUT2D eigenvalue weighted by molar-refractivity contribution is -0.216. The number of hydrogen-bond donors (Lipinski definition) is 8. The molecular weight excluding hydrogens is 922 g/mol. The smallest absolute Gasteiger partial charge is 0.462 e. The molecule has 1 aliphatic carbocycles. The maximum absolute atomic E-state index is 13.0. The van der Waals surface area contributed by atoms with Crippen LogP contribution in [0.4, 0.5) is 0 Å². The summed E-state index contributed by atoms with van der Waals surface area (Å²) < 4.78 is 49.4. The normalized spacial score (nSPS) is 22.2. The lowest BCUT2D eigenvalue weighted by Crippen LogP contribution is -2.64. The molecule has 0 amide bonds. The van der Waals surface area contributed by atoms with E-state index in [2.05, 4.69) is 11.4 Å². The van der Waals surface area contributed by atoms with Crippen molar-refractivity contribution >= 4 is 27.6 Å². The molecule has 1 aliphatic rings. The minimum atomic E-state index is -5.38. The van der Waals surface area contributed by atoms with Crippen LogP contribution in [0.1, 0.15) is 174 Å². The molecule has 1 rings (SSSR count). The molecule has 0 radical (unpaired) electrons. The van der Waals surface area contributed by atoms with Crippen molar-refractivity contribution in [1.82, 2.24) is 0 Å². The number of ether oxygens (including phenoxy) is 2. The highest BCUT2D eigenvalue weighted by atomic mass is 31.2. The molecule has 394 valence electrons. The number of aliphatic hydroxyl groups is 5. The molecule has 0 heterocycles. The number of phosphoric ester groups is 2. The summed E-state index contributed by atoms with van der Waals surface area (Å²) in [6.45, 7) is 2.84. The molecule has 6 unspecified atom stereocenters. The van der Waals surface area contributed by atoms with Gasteiger partial charge in [0.15, 0.2) is 6.10 Å². The van der Waals surface area contributed by atoms with Crippen molar-refractivity contribution in [1.29, 1.82) is 0 Å². The van der Waals surface area contributed by atoms with E-state index < -0.39 is 89.6 Å². The number of aliphatic hydroxyl groups excluding tert-OH is 5. The third-order valence-corrected chi connectivity index (χ3v) is 12.7. The van der Waals surface area contributed by atoms with Crippen molar-refractivity contribution in [2.45, 2.75) is 223 Å². The molecule has 0 bridgehead atoms. The molecule has 0 spiro atoms. The fourth-order valence-corrected chi connectivity index (χ4v) is 8.86. The minimum absolute atomic E-state index is 0.0525. The van der Waals surface area contributed by atoms with Crippen molar-refractivity contribution in [2.24, 2.45) is 0 Å². The van der Waals surface area contributed by atoms with Crippen LogP contribution in [-0.2, 0) is 41.8 Å². The maximum atomic E-state index is 13.0. The Morgan fingerprint density at radius 1 is 0.559 bits per heavy atom. The summed E-state index contributed by atoms with van der Waals surface area (Å²) in [7, 11) is -10.7. The summed E-state index contributed by atoms with van der Waals surface area (Å²) in [5.41, 5.74) is 0. The van der Waals surface area contributed by atoms with Crippen molar-refractivity contribution < 1.29 is 82.0 Å². The molecule has 1 saturated carbocycles. The average Bonchev–Trinajstić information content (AvgIpc) is 3.29. The molecule has 19 heteroatoms. The van der Waals surface area contributed by atoms with Gasteiger partial charge in [-0.15, -0.1) is 0 Å². The Balaban J connectivity index is 2.61. The maximum Gasteiger partial charge on any atom is 0.472 e. The van der Waals surface area contributed by atoms with Gasteiger partial charge >= 0.3 is 27.6 Å². The highest BCUT2D eigenvalue weighted by Crippen LogP contribution is 2.49. The molecule has 8 N–H and O–H groups in total. The molecule has 68 heavy (non-hydrogen) atoms. The zero-order valence-electron chi connectivity index (χ0n) is 40.6. The van der Waals surface area contributed by atoms with Crippen LogP contribution in [0.3, 0.4) is 0 Å². The zero-order valence-corrected chi connectivity index (χ0v) is 42.4. The quantitative estimate of drug-likeness (QED) is 0.00934. The Hall–Kier alpha value is -2.34. The summed E-state index contributed by atoms with van der Waals surface area (Å²) in [4.78, 5) is 54.3. The van der Waals surface area contributed by atoms with E-state index in [0.29, 0.717) is 32.1 Å². The molecule has 9 atom stereocenters. The Kier molecular flexibility index (Phi) is 36.8. The number of esters is 2. The van der Waals surface area contributed by atoms with Gasteiger partial charge in [-0.25, -0.2) is 9.13 Å². The highest BCUT2D eigenvalue weighted by Gasteiger charge is 2.54. The molecule has 0 aromatic carbocycles. The molecule has 0 aliphatic heterocycles. The predicted octanol–water partition coefficient (Wildman–Crippen LogP) is 8.81. The van der Waals surface area contributed by atoms with Gasteiger partial charge in [-0.05, 0) is 44.9 Å². The first-order valence-corrected chi connectivity index (χ1v) is 28.0. The number of allylic oxidation sites excluding steroid dienone is 8. The topological polar surface area (TPSA) is 276 Å². The third-order valence-electron chi connectivity index (χ3n) is 11.2. The van der Waals surface area contributed by atoms with E-state index >= 15 is 0 Å². The molecule has 0 saturated heterocycles. The van der Waals surface area contributed by atoms with Gasteiger partial charge in [0.2, 0.25) is 0 Å². The summed E-state index contributed by atoms with van der Waals surface area (Å²) in [5, 5.41) is 51.1. The van der Waals surface area contributed by atoms with Gasteiger partial charge in [-0.1, -0.05) is 177 Å².